The van der Waals surface area contributed by atoms with Crippen LogP contribution in [0.4, 0.5) is 0 Å². The summed E-state index contributed by atoms with van der Waals surface area (Å²) >= 11 is 0. The Kier molecular flexibility index (Phi) is 67.7. The fourth-order valence-electron chi connectivity index (χ4n) is 11.1. The number of ether oxygens (including phenoxy) is 2. The van der Waals surface area contributed by atoms with Gasteiger partial charge in [0, 0.05) is 12.8 Å². The van der Waals surface area contributed by atoms with E-state index in [-0.39, 0.29) is 25.2 Å². The van der Waals surface area contributed by atoms with Crippen molar-refractivity contribution in [2.24, 2.45) is 0 Å². The number of carbonyl (C=O) groups is 2. The minimum atomic E-state index is -0.772. The van der Waals surface area contributed by atoms with Gasteiger partial charge in [0.2, 0.25) is 0 Å². The molecule has 0 aromatic heterocycles. The maximum Gasteiger partial charge on any atom is 0.306 e. The van der Waals surface area contributed by atoms with Gasteiger partial charge in [0.25, 0.3) is 0 Å². The van der Waals surface area contributed by atoms with Crippen LogP contribution in [0.1, 0.15) is 399 Å². The molecule has 5 heteroatoms. The van der Waals surface area contributed by atoms with Crippen molar-refractivity contribution in [3.05, 3.63) is 36.5 Å². The SMILES string of the molecule is CCCCCCC/C=C\C/C=C\CCCCCCCCCCCCCC(=O)OC(CO)COC(=O)CCCCCCCCCCCCCCCCCCCCCCCCCCCCCCC/C=C\CCCCCCCCCC. The molecule has 1 unspecified atom stereocenters. The average Bonchev–Trinajstić information content (AvgIpc) is 3.44. The van der Waals surface area contributed by atoms with Crippen molar-refractivity contribution in [2.45, 2.75) is 405 Å². The van der Waals surface area contributed by atoms with Crippen molar-refractivity contribution < 1.29 is 24.2 Å². The molecule has 0 aromatic carbocycles. The van der Waals surface area contributed by atoms with E-state index in [4.69, 9.17) is 9.47 Å². The van der Waals surface area contributed by atoms with E-state index in [0.29, 0.717) is 12.8 Å². The van der Waals surface area contributed by atoms with Gasteiger partial charge in [0.1, 0.15) is 6.61 Å². The van der Waals surface area contributed by atoms with Gasteiger partial charge in [-0.05, 0) is 70.6 Å². The first-order valence-electron chi connectivity index (χ1n) is 35.5. The molecule has 0 fully saturated rings. The predicted octanol–water partition coefficient (Wildman–Crippen LogP) is 24.5. The number of hydrogen-bond donors (Lipinski definition) is 1. The number of allylic oxidation sites excluding steroid dienone is 6. The van der Waals surface area contributed by atoms with E-state index in [0.717, 1.165) is 38.5 Å². The number of unbranched alkanes of at least 4 members (excludes halogenated alkanes) is 53. The Morgan fingerprint density at radius 1 is 0.295 bits per heavy atom. The van der Waals surface area contributed by atoms with Crippen molar-refractivity contribution in [1.29, 1.82) is 0 Å². The monoisotopic (exact) mass is 1100 g/mol. The second kappa shape index (κ2) is 69.4. The van der Waals surface area contributed by atoms with Crippen LogP contribution in [-0.2, 0) is 19.1 Å². The molecule has 0 radical (unpaired) electrons. The van der Waals surface area contributed by atoms with E-state index >= 15 is 0 Å². The van der Waals surface area contributed by atoms with Crippen molar-refractivity contribution in [1.82, 2.24) is 0 Å². The van der Waals surface area contributed by atoms with Crippen LogP contribution in [0.15, 0.2) is 36.5 Å². The van der Waals surface area contributed by atoms with Crippen LogP contribution >= 0.6 is 0 Å². The largest absolute Gasteiger partial charge is 0.462 e. The van der Waals surface area contributed by atoms with Crippen LogP contribution in [0.2, 0.25) is 0 Å². The molecule has 0 amide bonds. The molecular formula is C73H138O5. The third-order valence-corrected chi connectivity index (χ3v) is 16.4. The number of hydrogen-bond acceptors (Lipinski definition) is 5. The molecule has 0 bridgehead atoms. The maximum absolute atomic E-state index is 12.3. The minimum absolute atomic E-state index is 0.0612. The van der Waals surface area contributed by atoms with Gasteiger partial charge in [0.15, 0.2) is 6.10 Å². The zero-order valence-corrected chi connectivity index (χ0v) is 53.0. The molecular weight excluding hydrogens is 957 g/mol. The standard InChI is InChI=1S/C73H138O5/c1-3-5-7-9-11-13-15-17-19-21-23-25-27-28-29-30-31-32-33-34-35-36-37-38-39-40-41-42-43-44-46-47-49-51-53-55-57-59-61-63-65-67-72(75)77-70-71(69-74)78-73(76)68-66-64-62-60-58-56-54-52-50-48-45-26-24-22-20-18-16-14-12-10-8-6-4-2/h16,18,21-24,71,74H,3-15,17,19-20,25-70H2,1-2H3/b18-16-,23-21-,24-22-. The lowest BCUT2D eigenvalue weighted by Crippen LogP contribution is -2.28. The average molecular weight is 1100 g/mol. The fourth-order valence-corrected chi connectivity index (χ4v) is 11.1. The quantitative estimate of drug-likeness (QED) is 0.0373. The predicted molar refractivity (Wildman–Crippen MR) is 344 cm³/mol. The fraction of sp³-hybridized carbons (Fsp3) is 0.890. The highest BCUT2D eigenvalue weighted by molar-refractivity contribution is 5.70. The lowest BCUT2D eigenvalue weighted by Gasteiger charge is -2.15. The molecule has 0 aromatic rings. The number of esters is 2. The molecule has 78 heavy (non-hydrogen) atoms. The summed E-state index contributed by atoms with van der Waals surface area (Å²) in [7, 11) is 0. The normalized spacial score (nSPS) is 12.3. The zero-order valence-electron chi connectivity index (χ0n) is 53.0. The summed E-state index contributed by atoms with van der Waals surface area (Å²) in [4.78, 5) is 24.6. The van der Waals surface area contributed by atoms with Crippen molar-refractivity contribution in [2.75, 3.05) is 13.2 Å². The van der Waals surface area contributed by atoms with E-state index in [2.05, 4.69) is 50.3 Å². The Balaban J connectivity index is 3.36. The summed E-state index contributed by atoms with van der Waals surface area (Å²) in [6.07, 6.45) is 92.0. The van der Waals surface area contributed by atoms with Gasteiger partial charge >= 0.3 is 11.9 Å². The highest BCUT2D eigenvalue weighted by Gasteiger charge is 2.16. The van der Waals surface area contributed by atoms with E-state index in [1.165, 1.54) is 334 Å². The van der Waals surface area contributed by atoms with E-state index in [1.807, 2.05) is 0 Å². The first-order valence-corrected chi connectivity index (χ1v) is 35.5. The highest BCUT2D eigenvalue weighted by Crippen LogP contribution is 2.19. The lowest BCUT2D eigenvalue weighted by atomic mass is 10.0. The molecule has 0 saturated heterocycles. The van der Waals surface area contributed by atoms with Crippen molar-refractivity contribution >= 4 is 11.9 Å². The van der Waals surface area contributed by atoms with Crippen LogP contribution in [0.25, 0.3) is 0 Å². The van der Waals surface area contributed by atoms with Crippen molar-refractivity contribution in [3.63, 3.8) is 0 Å². The van der Waals surface area contributed by atoms with Gasteiger partial charge in [-0.2, -0.15) is 0 Å². The second-order valence-corrected chi connectivity index (χ2v) is 24.3. The topological polar surface area (TPSA) is 72.8 Å². The molecule has 0 spiro atoms. The van der Waals surface area contributed by atoms with Gasteiger partial charge < -0.3 is 14.6 Å². The third kappa shape index (κ3) is 66.6. The summed E-state index contributed by atoms with van der Waals surface area (Å²) in [5.41, 5.74) is 0. The smallest absolute Gasteiger partial charge is 0.306 e. The Bertz CT molecular complexity index is 1240. The van der Waals surface area contributed by atoms with E-state index in [1.54, 1.807) is 0 Å². The van der Waals surface area contributed by atoms with Gasteiger partial charge in [-0.3, -0.25) is 9.59 Å². The van der Waals surface area contributed by atoms with Gasteiger partial charge in [-0.25, -0.2) is 0 Å². The molecule has 460 valence electrons. The summed E-state index contributed by atoms with van der Waals surface area (Å²) < 4.78 is 10.8. The Labute approximate surface area is 488 Å². The molecule has 0 aliphatic heterocycles. The summed E-state index contributed by atoms with van der Waals surface area (Å²) in [6.45, 7) is 4.18. The summed E-state index contributed by atoms with van der Waals surface area (Å²) in [5, 5.41) is 9.69. The number of carbonyl (C=O) groups excluding carboxylic acids is 2. The van der Waals surface area contributed by atoms with Crippen molar-refractivity contribution in [3.8, 4) is 0 Å². The number of aliphatic hydroxyl groups excluding tert-OH is 1. The summed E-state index contributed by atoms with van der Waals surface area (Å²) in [5.74, 6) is -0.571. The van der Waals surface area contributed by atoms with E-state index in [9.17, 15) is 14.7 Å². The van der Waals surface area contributed by atoms with Gasteiger partial charge in [0.05, 0.1) is 6.61 Å². The molecule has 5 nitrogen and oxygen atoms in total. The van der Waals surface area contributed by atoms with E-state index < -0.39 is 6.10 Å². The molecule has 1 atom stereocenters. The van der Waals surface area contributed by atoms with Crippen LogP contribution < -0.4 is 0 Å². The Hall–Kier alpha value is -1.88. The van der Waals surface area contributed by atoms with Crippen LogP contribution in [-0.4, -0.2) is 36.4 Å². The molecule has 1 N–H and O–H groups in total. The van der Waals surface area contributed by atoms with Gasteiger partial charge in [-0.1, -0.05) is 352 Å². The summed E-state index contributed by atoms with van der Waals surface area (Å²) in [6, 6.07) is 0. The van der Waals surface area contributed by atoms with Crippen LogP contribution in [0, 0.1) is 0 Å². The Morgan fingerprint density at radius 2 is 0.513 bits per heavy atom. The lowest BCUT2D eigenvalue weighted by molar-refractivity contribution is -0.161. The molecule has 0 rings (SSSR count). The molecule has 0 aliphatic rings. The first-order chi connectivity index (χ1) is 38.6. The minimum Gasteiger partial charge on any atom is -0.462 e. The highest BCUT2D eigenvalue weighted by atomic mass is 16.6. The third-order valence-electron chi connectivity index (χ3n) is 16.4. The van der Waals surface area contributed by atoms with Gasteiger partial charge in [-0.15, -0.1) is 0 Å². The maximum atomic E-state index is 12.3. The first kappa shape index (κ1) is 76.1. The molecule has 0 saturated carbocycles. The molecule has 0 aliphatic carbocycles. The number of rotatable bonds is 67. The second-order valence-electron chi connectivity index (χ2n) is 24.3. The van der Waals surface area contributed by atoms with Crippen LogP contribution in [0.3, 0.4) is 0 Å². The Morgan fingerprint density at radius 3 is 0.769 bits per heavy atom. The zero-order chi connectivity index (χ0) is 56.2. The molecule has 0 heterocycles. The number of aliphatic hydroxyl groups is 1. The van der Waals surface area contributed by atoms with Crippen LogP contribution in [0.5, 0.6) is 0 Å².